The molecular weight excluding hydrogens is 258 g/mol. The lowest BCUT2D eigenvalue weighted by Crippen LogP contribution is -1.95. The van der Waals surface area contributed by atoms with E-state index in [1.807, 2.05) is 13.8 Å². The zero-order valence-electron chi connectivity index (χ0n) is 9.07. The van der Waals surface area contributed by atoms with Crippen molar-refractivity contribution in [3.63, 3.8) is 0 Å². The SMILES string of the molecule is CCC(=CCOP(=O)(O)OP(=O)(O)O)CC. The fourth-order valence-corrected chi connectivity index (χ4v) is 2.47. The van der Waals surface area contributed by atoms with Crippen LogP contribution in [0, 0.1) is 0 Å². The Bertz CT molecular complexity index is 326. The van der Waals surface area contributed by atoms with Gasteiger partial charge in [-0.05, 0) is 12.8 Å². The number of hydrogen-bond acceptors (Lipinski definition) is 4. The van der Waals surface area contributed by atoms with Gasteiger partial charge in [0.05, 0.1) is 6.61 Å². The van der Waals surface area contributed by atoms with Gasteiger partial charge in [-0.3, -0.25) is 4.52 Å². The van der Waals surface area contributed by atoms with Crippen molar-refractivity contribution in [2.45, 2.75) is 26.7 Å². The van der Waals surface area contributed by atoms with E-state index in [0.717, 1.165) is 18.4 Å². The van der Waals surface area contributed by atoms with Crippen LogP contribution in [0.15, 0.2) is 11.6 Å². The lowest BCUT2D eigenvalue weighted by atomic mass is 10.1. The second-order valence-corrected chi connectivity index (χ2v) is 5.74. The highest BCUT2D eigenvalue weighted by Gasteiger charge is 2.31. The molecule has 96 valence electrons. The van der Waals surface area contributed by atoms with E-state index in [2.05, 4.69) is 8.83 Å². The summed E-state index contributed by atoms with van der Waals surface area (Å²) in [5.74, 6) is 0. The minimum atomic E-state index is -5.02. The Morgan fingerprint density at radius 2 is 1.69 bits per heavy atom. The van der Waals surface area contributed by atoms with Gasteiger partial charge < -0.3 is 14.7 Å². The average Bonchev–Trinajstić information content (AvgIpc) is 2.08. The van der Waals surface area contributed by atoms with Crippen molar-refractivity contribution in [1.82, 2.24) is 0 Å². The Kier molecular flexibility index (Phi) is 6.67. The molecule has 0 bridgehead atoms. The summed E-state index contributed by atoms with van der Waals surface area (Å²) in [5, 5.41) is 0. The molecule has 0 saturated carbocycles. The van der Waals surface area contributed by atoms with E-state index < -0.39 is 15.6 Å². The summed E-state index contributed by atoms with van der Waals surface area (Å²) in [5.41, 5.74) is 1.01. The molecule has 7 nitrogen and oxygen atoms in total. The van der Waals surface area contributed by atoms with Crippen molar-refractivity contribution >= 4 is 15.6 Å². The number of rotatable bonds is 7. The molecule has 9 heteroatoms. The summed E-state index contributed by atoms with van der Waals surface area (Å²) in [6.07, 6.45) is 3.12. The van der Waals surface area contributed by atoms with E-state index in [0.29, 0.717) is 0 Å². The third-order valence-electron chi connectivity index (χ3n) is 1.73. The molecule has 0 saturated heterocycles. The highest BCUT2D eigenvalue weighted by atomic mass is 31.3. The van der Waals surface area contributed by atoms with Gasteiger partial charge in [-0.15, -0.1) is 0 Å². The Hall–Kier alpha value is -0.0000000000000000416. The molecule has 1 unspecified atom stereocenters. The Morgan fingerprint density at radius 1 is 1.19 bits per heavy atom. The monoisotopic (exact) mass is 274 g/mol. The van der Waals surface area contributed by atoms with Crippen LogP contribution in [0.4, 0.5) is 0 Å². The topological polar surface area (TPSA) is 113 Å². The van der Waals surface area contributed by atoms with E-state index in [9.17, 15) is 9.13 Å². The fraction of sp³-hybridized carbons (Fsp3) is 0.714. The van der Waals surface area contributed by atoms with Crippen LogP contribution in [-0.4, -0.2) is 21.3 Å². The van der Waals surface area contributed by atoms with Crippen molar-refractivity contribution in [2.24, 2.45) is 0 Å². The normalized spacial score (nSPS) is 15.6. The molecule has 1 atom stereocenters. The first-order valence-electron chi connectivity index (χ1n) is 4.62. The zero-order chi connectivity index (χ0) is 12.8. The van der Waals surface area contributed by atoms with Crippen LogP contribution in [0.1, 0.15) is 26.7 Å². The first-order valence-corrected chi connectivity index (χ1v) is 7.65. The molecule has 16 heavy (non-hydrogen) atoms. The highest BCUT2D eigenvalue weighted by molar-refractivity contribution is 7.60. The summed E-state index contributed by atoms with van der Waals surface area (Å²) in [4.78, 5) is 25.5. The van der Waals surface area contributed by atoms with Gasteiger partial charge in [0, 0.05) is 0 Å². The third kappa shape index (κ3) is 8.19. The van der Waals surface area contributed by atoms with Crippen molar-refractivity contribution in [1.29, 1.82) is 0 Å². The number of hydrogen-bond donors (Lipinski definition) is 3. The molecule has 0 aromatic carbocycles. The van der Waals surface area contributed by atoms with Gasteiger partial charge in [0.25, 0.3) is 0 Å². The van der Waals surface area contributed by atoms with Crippen molar-refractivity contribution in [2.75, 3.05) is 6.61 Å². The molecular formula is C7H16O7P2. The van der Waals surface area contributed by atoms with Gasteiger partial charge in [-0.2, -0.15) is 4.31 Å². The Morgan fingerprint density at radius 3 is 2.06 bits per heavy atom. The minimum absolute atomic E-state index is 0.231. The van der Waals surface area contributed by atoms with Gasteiger partial charge in [-0.1, -0.05) is 25.5 Å². The van der Waals surface area contributed by atoms with Gasteiger partial charge in [0.2, 0.25) is 0 Å². The standard InChI is InChI=1S/C7H16O7P2/c1-3-7(4-2)5-6-13-16(11,12)14-15(8,9)10/h5H,3-4,6H2,1-2H3,(H,11,12)(H2,8,9,10). The van der Waals surface area contributed by atoms with Crippen LogP contribution in [0.25, 0.3) is 0 Å². The molecule has 0 amide bonds. The van der Waals surface area contributed by atoms with E-state index in [-0.39, 0.29) is 6.61 Å². The van der Waals surface area contributed by atoms with Gasteiger partial charge in [0.1, 0.15) is 0 Å². The van der Waals surface area contributed by atoms with Crippen LogP contribution in [0.5, 0.6) is 0 Å². The molecule has 0 fully saturated rings. The summed E-state index contributed by atoms with van der Waals surface area (Å²) in [7, 11) is -9.72. The van der Waals surface area contributed by atoms with Crippen LogP contribution in [0.2, 0.25) is 0 Å². The third-order valence-corrected chi connectivity index (χ3v) is 3.88. The molecule has 0 spiro atoms. The van der Waals surface area contributed by atoms with E-state index in [1.165, 1.54) is 0 Å². The van der Waals surface area contributed by atoms with Crippen LogP contribution in [0.3, 0.4) is 0 Å². The highest BCUT2D eigenvalue weighted by Crippen LogP contribution is 2.57. The van der Waals surface area contributed by atoms with Crippen LogP contribution in [-0.2, 0) is 18.0 Å². The second kappa shape index (κ2) is 6.67. The quantitative estimate of drug-likeness (QED) is 0.480. The minimum Gasteiger partial charge on any atom is -0.302 e. The van der Waals surface area contributed by atoms with E-state index >= 15 is 0 Å². The average molecular weight is 274 g/mol. The van der Waals surface area contributed by atoms with Crippen LogP contribution >= 0.6 is 15.6 Å². The van der Waals surface area contributed by atoms with Crippen molar-refractivity contribution in [3.05, 3.63) is 11.6 Å². The maximum absolute atomic E-state index is 11.0. The van der Waals surface area contributed by atoms with E-state index in [4.69, 9.17) is 14.7 Å². The molecule has 0 aliphatic heterocycles. The summed E-state index contributed by atoms with van der Waals surface area (Å²) in [6.45, 7) is 3.60. The molecule has 0 aliphatic carbocycles. The number of phosphoric ester groups is 1. The Labute approximate surface area is 93.9 Å². The number of allylic oxidation sites excluding steroid dienone is 1. The van der Waals surface area contributed by atoms with Crippen molar-refractivity contribution in [3.8, 4) is 0 Å². The lowest BCUT2D eigenvalue weighted by molar-refractivity contribution is 0.191. The first-order chi connectivity index (χ1) is 7.20. The van der Waals surface area contributed by atoms with Gasteiger partial charge >= 0.3 is 15.6 Å². The van der Waals surface area contributed by atoms with Gasteiger partial charge in [0.15, 0.2) is 0 Å². The molecule has 0 rings (SSSR count). The summed E-state index contributed by atoms with van der Waals surface area (Å²) < 4.78 is 29.2. The predicted molar refractivity (Wildman–Crippen MR) is 57.6 cm³/mol. The summed E-state index contributed by atoms with van der Waals surface area (Å²) in [6, 6.07) is 0. The maximum Gasteiger partial charge on any atom is 0.481 e. The lowest BCUT2D eigenvalue weighted by Gasteiger charge is -2.11. The molecule has 0 radical (unpaired) electrons. The number of phosphoric acid groups is 2. The first kappa shape index (κ1) is 16.0. The Balaban J connectivity index is 4.25. The largest absolute Gasteiger partial charge is 0.481 e. The molecule has 0 aromatic rings. The summed E-state index contributed by atoms with van der Waals surface area (Å²) >= 11 is 0. The molecule has 3 N–H and O–H groups in total. The smallest absolute Gasteiger partial charge is 0.302 e. The molecule has 0 aromatic heterocycles. The zero-order valence-corrected chi connectivity index (χ0v) is 10.9. The second-order valence-electron chi connectivity index (χ2n) is 2.91. The fourth-order valence-electron chi connectivity index (χ4n) is 0.946. The maximum atomic E-state index is 11.0. The predicted octanol–water partition coefficient (Wildman–Crippen LogP) is 1.96. The molecule has 0 heterocycles. The van der Waals surface area contributed by atoms with Crippen molar-refractivity contribution < 1.29 is 32.6 Å². The molecule has 0 aliphatic rings. The van der Waals surface area contributed by atoms with E-state index in [1.54, 1.807) is 6.08 Å². The van der Waals surface area contributed by atoms with Gasteiger partial charge in [-0.25, -0.2) is 9.13 Å². The van der Waals surface area contributed by atoms with Crippen LogP contribution < -0.4 is 0 Å².